The molecule has 2 rings (SSSR count). The van der Waals surface area contributed by atoms with Crippen LogP contribution in [0.5, 0.6) is 5.75 Å². The van der Waals surface area contributed by atoms with E-state index in [1.54, 1.807) is 24.3 Å². The molecule has 0 heterocycles. The van der Waals surface area contributed by atoms with Gasteiger partial charge in [0.15, 0.2) is 6.61 Å². The summed E-state index contributed by atoms with van der Waals surface area (Å²) in [4.78, 5) is 24.0. The molecule has 0 aliphatic carbocycles. The number of ether oxygens (including phenoxy) is 2. The molecule has 0 saturated carbocycles. The van der Waals surface area contributed by atoms with E-state index in [9.17, 15) is 9.59 Å². The zero-order valence-corrected chi connectivity index (χ0v) is 15.5. The smallest absolute Gasteiger partial charge is 0.339 e. The lowest BCUT2D eigenvalue weighted by atomic mass is 10.2. The molecule has 0 aliphatic heterocycles. The monoisotopic (exact) mass is 431 g/mol. The molecule has 0 unspecified atom stereocenters. The van der Waals surface area contributed by atoms with Crippen molar-refractivity contribution in [3.63, 3.8) is 0 Å². The van der Waals surface area contributed by atoms with Gasteiger partial charge in [-0.15, -0.1) is 0 Å². The summed E-state index contributed by atoms with van der Waals surface area (Å²) in [6.07, 6.45) is 0. The first kappa shape index (κ1) is 18.6. The molecule has 2 aromatic carbocycles. The lowest BCUT2D eigenvalue weighted by molar-refractivity contribution is -0.119. The number of benzene rings is 2. The Morgan fingerprint density at radius 2 is 1.92 bits per heavy atom. The molecule has 0 bridgehead atoms. The first-order chi connectivity index (χ1) is 11.4. The third-order valence-corrected chi connectivity index (χ3v) is 4.19. The van der Waals surface area contributed by atoms with Crippen LogP contribution in [0.15, 0.2) is 40.9 Å². The summed E-state index contributed by atoms with van der Waals surface area (Å²) in [6, 6.07) is 9.51. The Morgan fingerprint density at radius 1 is 1.17 bits per heavy atom. The quantitative estimate of drug-likeness (QED) is 0.703. The molecule has 0 spiro atoms. The fourth-order valence-corrected chi connectivity index (χ4v) is 2.52. The van der Waals surface area contributed by atoms with Crippen molar-refractivity contribution < 1.29 is 19.1 Å². The van der Waals surface area contributed by atoms with Crippen LogP contribution in [0.2, 0.25) is 10.0 Å². The number of amides is 1. The fraction of sp³-hybridized carbons (Fsp3) is 0.125. The molecule has 1 N–H and O–H groups in total. The summed E-state index contributed by atoms with van der Waals surface area (Å²) < 4.78 is 10.6. The van der Waals surface area contributed by atoms with E-state index in [1.165, 1.54) is 19.2 Å². The van der Waals surface area contributed by atoms with Crippen LogP contribution in [0.1, 0.15) is 10.4 Å². The van der Waals surface area contributed by atoms with Crippen LogP contribution in [0.3, 0.4) is 0 Å². The molecule has 24 heavy (non-hydrogen) atoms. The first-order valence-electron chi connectivity index (χ1n) is 6.66. The zero-order valence-electron chi connectivity index (χ0n) is 12.4. The molecule has 0 atom stereocenters. The van der Waals surface area contributed by atoms with Crippen molar-refractivity contribution in [2.24, 2.45) is 0 Å². The lowest BCUT2D eigenvalue weighted by Gasteiger charge is -2.10. The van der Waals surface area contributed by atoms with Gasteiger partial charge in [-0.25, -0.2) is 4.79 Å². The highest BCUT2D eigenvalue weighted by atomic mass is 79.9. The van der Waals surface area contributed by atoms with Crippen molar-refractivity contribution >= 4 is 56.7 Å². The van der Waals surface area contributed by atoms with Gasteiger partial charge >= 0.3 is 5.97 Å². The number of methoxy groups -OCH3 is 1. The minimum absolute atomic E-state index is 0.253. The van der Waals surface area contributed by atoms with Gasteiger partial charge in [0.1, 0.15) is 5.75 Å². The van der Waals surface area contributed by atoms with Gasteiger partial charge in [0.05, 0.1) is 23.4 Å². The summed E-state index contributed by atoms with van der Waals surface area (Å²) in [5, 5.41) is 3.28. The Hall–Kier alpha value is -1.76. The van der Waals surface area contributed by atoms with Gasteiger partial charge in [-0.2, -0.15) is 0 Å². The van der Waals surface area contributed by atoms with Crippen LogP contribution < -0.4 is 10.1 Å². The van der Waals surface area contributed by atoms with Crippen LogP contribution in [0, 0.1) is 0 Å². The summed E-state index contributed by atoms with van der Waals surface area (Å²) in [5.74, 6) is -0.694. The Labute approximate surface area is 157 Å². The molecule has 0 radical (unpaired) electrons. The number of nitrogens with one attached hydrogen (secondary N) is 1. The third-order valence-electron chi connectivity index (χ3n) is 2.93. The van der Waals surface area contributed by atoms with Crippen molar-refractivity contribution in [3.8, 4) is 5.75 Å². The van der Waals surface area contributed by atoms with Gasteiger partial charge < -0.3 is 14.8 Å². The minimum atomic E-state index is -0.659. The maximum absolute atomic E-state index is 12.1. The molecule has 0 aliphatic rings. The predicted molar refractivity (Wildman–Crippen MR) is 96.1 cm³/mol. The Morgan fingerprint density at radius 3 is 2.62 bits per heavy atom. The van der Waals surface area contributed by atoms with E-state index < -0.39 is 18.5 Å². The second-order valence-electron chi connectivity index (χ2n) is 4.59. The van der Waals surface area contributed by atoms with Gasteiger partial charge in [0.25, 0.3) is 5.91 Å². The largest absolute Gasteiger partial charge is 0.497 e. The van der Waals surface area contributed by atoms with E-state index in [0.29, 0.717) is 26.0 Å². The summed E-state index contributed by atoms with van der Waals surface area (Å²) in [7, 11) is 1.49. The Kier molecular flexibility index (Phi) is 6.48. The molecular weight excluding hydrogens is 421 g/mol. The van der Waals surface area contributed by atoms with E-state index in [2.05, 4.69) is 21.2 Å². The van der Waals surface area contributed by atoms with Crippen molar-refractivity contribution in [2.75, 3.05) is 19.0 Å². The Balaban J connectivity index is 1.99. The van der Waals surface area contributed by atoms with Gasteiger partial charge in [-0.05, 0) is 52.3 Å². The van der Waals surface area contributed by atoms with Crippen LogP contribution >= 0.6 is 39.1 Å². The number of halogens is 3. The number of esters is 1. The van der Waals surface area contributed by atoms with E-state index in [1.807, 2.05) is 0 Å². The number of rotatable bonds is 5. The van der Waals surface area contributed by atoms with Crippen molar-refractivity contribution in [1.29, 1.82) is 0 Å². The SMILES string of the molecule is COc1ccc(Br)c(C(=O)OCC(=O)Nc2cc(Cl)ccc2Cl)c1. The average Bonchev–Trinajstić information content (AvgIpc) is 2.56. The van der Waals surface area contributed by atoms with E-state index in [0.717, 1.165) is 0 Å². The molecule has 1 amide bonds. The predicted octanol–water partition coefficient (Wildman–Crippen LogP) is 4.56. The van der Waals surface area contributed by atoms with E-state index in [4.69, 9.17) is 32.7 Å². The topological polar surface area (TPSA) is 64.6 Å². The number of hydrogen-bond acceptors (Lipinski definition) is 4. The molecule has 8 heteroatoms. The van der Waals surface area contributed by atoms with Gasteiger partial charge in [0, 0.05) is 9.50 Å². The average molecular weight is 433 g/mol. The van der Waals surface area contributed by atoms with E-state index >= 15 is 0 Å². The van der Waals surface area contributed by atoms with Crippen molar-refractivity contribution in [3.05, 3.63) is 56.5 Å². The summed E-state index contributed by atoms with van der Waals surface area (Å²) >= 11 is 15.0. The highest BCUT2D eigenvalue weighted by molar-refractivity contribution is 9.10. The standard InChI is InChI=1S/C16H12BrCl2NO4/c1-23-10-3-4-12(17)11(7-10)16(22)24-8-15(21)20-14-6-9(18)2-5-13(14)19/h2-7H,8H2,1H3,(H,20,21). The van der Waals surface area contributed by atoms with Gasteiger partial charge in [-0.3, -0.25) is 4.79 Å². The zero-order chi connectivity index (χ0) is 17.7. The normalized spacial score (nSPS) is 10.2. The first-order valence-corrected chi connectivity index (χ1v) is 8.21. The second kappa shape index (κ2) is 8.37. The maximum Gasteiger partial charge on any atom is 0.339 e. The van der Waals surface area contributed by atoms with Crippen LogP contribution in [0.25, 0.3) is 0 Å². The number of carbonyl (C=O) groups is 2. The molecule has 0 aromatic heterocycles. The number of hydrogen-bond donors (Lipinski definition) is 1. The van der Waals surface area contributed by atoms with E-state index in [-0.39, 0.29) is 5.56 Å². The van der Waals surface area contributed by atoms with Crippen LogP contribution in [-0.2, 0) is 9.53 Å². The molecule has 2 aromatic rings. The number of anilines is 1. The highest BCUT2D eigenvalue weighted by Gasteiger charge is 2.15. The van der Waals surface area contributed by atoms with Crippen molar-refractivity contribution in [2.45, 2.75) is 0 Å². The minimum Gasteiger partial charge on any atom is -0.497 e. The third kappa shape index (κ3) is 4.87. The maximum atomic E-state index is 12.1. The molecule has 126 valence electrons. The van der Waals surface area contributed by atoms with Crippen LogP contribution in [0.4, 0.5) is 5.69 Å². The van der Waals surface area contributed by atoms with Crippen molar-refractivity contribution in [1.82, 2.24) is 0 Å². The van der Waals surface area contributed by atoms with Crippen LogP contribution in [-0.4, -0.2) is 25.6 Å². The van der Waals surface area contributed by atoms with Gasteiger partial charge in [0.2, 0.25) is 0 Å². The highest BCUT2D eigenvalue weighted by Crippen LogP contribution is 2.26. The fourth-order valence-electron chi connectivity index (χ4n) is 1.78. The summed E-state index contributed by atoms with van der Waals surface area (Å²) in [6.45, 7) is -0.467. The second-order valence-corrected chi connectivity index (χ2v) is 6.29. The molecular formula is C16H12BrCl2NO4. The molecule has 0 saturated heterocycles. The number of carbonyl (C=O) groups excluding carboxylic acids is 2. The molecule has 0 fully saturated rings. The summed E-state index contributed by atoms with van der Waals surface area (Å²) in [5.41, 5.74) is 0.593. The lowest BCUT2D eigenvalue weighted by Crippen LogP contribution is -2.21. The van der Waals surface area contributed by atoms with Gasteiger partial charge in [-0.1, -0.05) is 23.2 Å². The molecule has 5 nitrogen and oxygen atoms in total. The Bertz CT molecular complexity index is 783.